The number of amides is 1. The number of piperazine rings is 1. The normalized spacial score (nSPS) is 33.3. The van der Waals surface area contributed by atoms with E-state index in [-0.39, 0.29) is 0 Å². The van der Waals surface area contributed by atoms with Crippen molar-refractivity contribution in [1.82, 2.24) is 29.8 Å². The molecule has 8 nitrogen and oxygen atoms in total. The van der Waals surface area contributed by atoms with Gasteiger partial charge in [-0.3, -0.25) is 9.69 Å². The second-order valence-electron chi connectivity index (χ2n) is 9.36. The Kier molecular flexibility index (Phi) is 4.04. The molecular weight excluding hydrogens is 366 g/mol. The zero-order chi connectivity index (χ0) is 19.5. The van der Waals surface area contributed by atoms with Gasteiger partial charge in [0.1, 0.15) is 12.1 Å². The molecule has 1 aliphatic heterocycles. The minimum Gasteiger partial charge on any atom is -0.355 e. The van der Waals surface area contributed by atoms with Gasteiger partial charge in [0.2, 0.25) is 5.91 Å². The molecule has 1 N–H and O–H groups in total. The Balaban J connectivity index is 0.990. The van der Waals surface area contributed by atoms with Crippen LogP contribution in [0.25, 0.3) is 5.78 Å². The van der Waals surface area contributed by atoms with Gasteiger partial charge in [0.05, 0.1) is 0 Å². The van der Waals surface area contributed by atoms with Gasteiger partial charge in [-0.1, -0.05) is 0 Å². The van der Waals surface area contributed by atoms with Crippen molar-refractivity contribution in [2.45, 2.75) is 26.2 Å². The average Bonchev–Trinajstić information content (AvgIpc) is 3.04. The number of carbonyl (C=O) groups is 1. The number of rotatable bonds is 5. The molecule has 3 saturated carbocycles. The molecule has 0 aromatic carbocycles. The van der Waals surface area contributed by atoms with Crippen LogP contribution in [-0.4, -0.2) is 69.7 Å². The predicted molar refractivity (Wildman–Crippen MR) is 108 cm³/mol. The number of hydrogen-bond donors (Lipinski definition) is 1. The summed E-state index contributed by atoms with van der Waals surface area (Å²) in [5.74, 6) is 5.58. The maximum atomic E-state index is 12.6. The lowest BCUT2D eigenvalue weighted by Gasteiger charge is -2.35. The van der Waals surface area contributed by atoms with Crippen LogP contribution >= 0.6 is 0 Å². The van der Waals surface area contributed by atoms with Crippen LogP contribution in [0.5, 0.6) is 0 Å². The van der Waals surface area contributed by atoms with E-state index in [4.69, 9.17) is 0 Å². The Morgan fingerprint density at radius 3 is 2.69 bits per heavy atom. The number of aromatic nitrogens is 4. The third-order valence-electron chi connectivity index (χ3n) is 7.82. The molecule has 1 saturated heterocycles. The molecule has 2 bridgehead atoms. The summed E-state index contributed by atoms with van der Waals surface area (Å²) >= 11 is 0. The fourth-order valence-corrected chi connectivity index (χ4v) is 6.47. The maximum absolute atomic E-state index is 12.6. The molecule has 1 unspecified atom stereocenters. The number of anilines is 1. The van der Waals surface area contributed by atoms with Crippen molar-refractivity contribution in [1.29, 1.82) is 0 Å². The summed E-state index contributed by atoms with van der Waals surface area (Å²) < 4.78 is 1.82. The van der Waals surface area contributed by atoms with Gasteiger partial charge in [0.25, 0.3) is 5.78 Å². The number of fused-ring (bicyclic) bond motifs is 6. The molecule has 2 aromatic heterocycles. The van der Waals surface area contributed by atoms with Gasteiger partial charge >= 0.3 is 0 Å². The Bertz CT molecular complexity index is 918. The third-order valence-corrected chi connectivity index (χ3v) is 7.82. The summed E-state index contributed by atoms with van der Waals surface area (Å²) in [6, 6.07) is 2.08. The van der Waals surface area contributed by atoms with Crippen LogP contribution in [0.1, 0.15) is 25.0 Å². The number of nitrogens with zero attached hydrogens (tertiary/aromatic N) is 6. The largest absolute Gasteiger partial charge is 0.355 e. The van der Waals surface area contributed by atoms with Crippen LogP contribution in [0.2, 0.25) is 0 Å². The Morgan fingerprint density at radius 2 is 1.93 bits per heavy atom. The molecule has 6 rings (SSSR count). The second kappa shape index (κ2) is 6.65. The molecule has 0 radical (unpaired) electrons. The number of carbonyl (C=O) groups excluding carboxylic acids is 1. The van der Waals surface area contributed by atoms with Gasteiger partial charge in [-0.2, -0.15) is 14.6 Å². The highest BCUT2D eigenvalue weighted by molar-refractivity contribution is 5.82. The summed E-state index contributed by atoms with van der Waals surface area (Å²) in [6.07, 6.45) is 5.71. The SMILES string of the molecule is Cc1cc(N2CCN(CCNC(=O)C3[C@@H]4[C@H]5CC[C@H](C5)[C@H]34)CC2)n2ncnc2n1. The van der Waals surface area contributed by atoms with Crippen molar-refractivity contribution in [3.05, 3.63) is 18.1 Å². The molecule has 5 atom stereocenters. The zero-order valence-corrected chi connectivity index (χ0v) is 17.0. The van der Waals surface area contributed by atoms with Crippen LogP contribution in [0.15, 0.2) is 12.4 Å². The molecule has 29 heavy (non-hydrogen) atoms. The van der Waals surface area contributed by atoms with Crippen LogP contribution in [0.3, 0.4) is 0 Å². The monoisotopic (exact) mass is 395 g/mol. The quantitative estimate of drug-likeness (QED) is 0.813. The van der Waals surface area contributed by atoms with E-state index < -0.39 is 0 Å². The van der Waals surface area contributed by atoms with Crippen LogP contribution in [0, 0.1) is 36.5 Å². The van der Waals surface area contributed by atoms with E-state index in [2.05, 4.69) is 36.2 Å². The first-order chi connectivity index (χ1) is 14.2. The predicted octanol–water partition coefficient (Wildman–Crippen LogP) is 0.963. The molecule has 4 aliphatic rings. The molecule has 3 heterocycles. The van der Waals surface area contributed by atoms with E-state index in [1.54, 1.807) is 6.33 Å². The average molecular weight is 396 g/mol. The summed E-state index contributed by atoms with van der Waals surface area (Å²) in [5, 5.41) is 7.56. The van der Waals surface area contributed by atoms with Crippen molar-refractivity contribution in [3.8, 4) is 0 Å². The lowest BCUT2D eigenvalue weighted by Crippen LogP contribution is -2.49. The number of nitrogens with one attached hydrogen (secondary N) is 1. The van der Waals surface area contributed by atoms with Crippen molar-refractivity contribution >= 4 is 17.5 Å². The summed E-state index contributed by atoms with van der Waals surface area (Å²) in [4.78, 5) is 26.0. The summed E-state index contributed by atoms with van der Waals surface area (Å²) in [7, 11) is 0. The van der Waals surface area contributed by atoms with E-state index in [1.807, 2.05) is 11.4 Å². The fraction of sp³-hybridized carbons (Fsp3) is 0.714. The van der Waals surface area contributed by atoms with Crippen LogP contribution in [0.4, 0.5) is 5.82 Å². The molecule has 154 valence electrons. The van der Waals surface area contributed by atoms with Crippen molar-refractivity contribution in [3.63, 3.8) is 0 Å². The first kappa shape index (κ1) is 17.6. The van der Waals surface area contributed by atoms with Gasteiger partial charge in [-0.05, 0) is 49.9 Å². The standard InChI is InChI=1S/C21H29N7O/c1-13-10-16(28-21(25-13)23-12-24-28)27-8-6-26(7-9-27)5-4-22-20(29)19-17-14-2-3-15(11-14)18(17)19/h10,12,14-15,17-19H,2-9,11H2,1H3,(H,22,29)/t14-,15+,17+,18-,19?. The van der Waals surface area contributed by atoms with Gasteiger partial charge in [0, 0.05) is 56.9 Å². The lowest BCUT2D eigenvalue weighted by molar-refractivity contribution is -0.123. The third kappa shape index (κ3) is 2.91. The molecule has 3 aliphatic carbocycles. The first-order valence-electron chi connectivity index (χ1n) is 11.1. The molecule has 0 spiro atoms. The minimum absolute atomic E-state index is 0.330. The van der Waals surface area contributed by atoms with Crippen molar-refractivity contribution < 1.29 is 4.79 Å². The summed E-state index contributed by atoms with van der Waals surface area (Å²) in [6.45, 7) is 7.58. The lowest BCUT2D eigenvalue weighted by atomic mass is 10.0. The second-order valence-corrected chi connectivity index (χ2v) is 9.36. The highest BCUT2D eigenvalue weighted by Gasteiger charge is 2.67. The Labute approximate surface area is 170 Å². The van der Waals surface area contributed by atoms with Crippen molar-refractivity contribution in [2.75, 3.05) is 44.2 Å². The van der Waals surface area contributed by atoms with Crippen LogP contribution in [-0.2, 0) is 4.79 Å². The Morgan fingerprint density at radius 1 is 1.17 bits per heavy atom. The molecule has 2 aromatic rings. The van der Waals surface area contributed by atoms with E-state index in [0.29, 0.717) is 17.6 Å². The number of hydrogen-bond acceptors (Lipinski definition) is 6. The maximum Gasteiger partial charge on any atom is 0.254 e. The molecule has 8 heteroatoms. The topological polar surface area (TPSA) is 78.7 Å². The fourth-order valence-electron chi connectivity index (χ4n) is 6.47. The van der Waals surface area contributed by atoms with E-state index in [9.17, 15) is 4.79 Å². The van der Waals surface area contributed by atoms with E-state index >= 15 is 0 Å². The molecule has 4 fully saturated rings. The zero-order valence-electron chi connectivity index (χ0n) is 17.0. The van der Waals surface area contributed by atoms with Gasteiger partial charge in [0.15, 0.2) is 0 Å². The van der Waals surface area contributed by atoms with Gasteiger partial charge in [-0.25, -0.2) is 4.98 Å². The smallest absolute Gasteiger partial charge is 0.254 e. The number of aryl methyl sites for hydroxylation is 1. The van der Waals surface area contributed by atoms with E-state index in [0.717, 1.165) is 74.5 Å². The van der Waals surface area contributed by atoms with Gasteiger partial charge < -0.3 is 10.2 Å². The highest BCUT2D eigenvalue weighted by Crippen LogP contribution is 2.69. The minimum atomic E-state index is 0.330. The Hall–Kier alpha value is -2.22. The molecular formula is C21H29N7O. The van der Waals surface area contributed by atoms with E-state index in [1.165, 1.54) is 19.3 Å². The molecule has 1 amide bonds. The van der Waals surface area contributed by atoms with Crippen molar-refractivity contribution in [2.24, 2.45) is 29.6 Å². The first-order valence-corrected chi connectivity index (χ1v) is 11.1. The van der Waals surface area contributed by atoms with Crippen LogP contribution < -0.4 is 10.2 Å². The summed E-state index contributed by atoms with van der Waals surface area (Å²) in [5.41, 5.74) is 0.962. The highest BCUT2D eigenvalue weighted by atomic mass is 16.2. The van der Waals surface area contributed by atoms with Gasteiger partial charge in [-0.15, -0.1) is 0 Å².